The molecule has 1 N–H and O–H groups in total. The normalized spacial score (nSPS) is 14.6. The second-order valence-corrected chi connectivity index (χ2v) is 13.6. The molecule has 1 aliphatic rings. The van der Waals surface area contributed by atoms with Crippen molar-refractivity contribution in [2.45, 2.75) is 68.5 Å². The predicted molar refractivity (Wildman–Crippen MR) is 165 cm³/mol. The summed E-state index contributed by atoms with van der Waals surface area (Å²) in [5.41, 5.74) is 1.88. The number of carbonyl (C=O) groups excluding carboxylic acids is 2. The van der Waals surface area contributed by atoms with Gasteiger partial charge in [0.25, 0.3) is 0 Å². The largest absolute Gasteiger partial charge is 0.352 e. The Kier molecular flexibility index (Phi) is 11.1. The molecule has 1 unspecified atom stereocenters. The number of hydrogen-bond donors (Lipinski definition) is 1. The lowest BCUT2D eigenvalue weighted by molar-refractivity contribution is -0.141. The van der Waals surface area contributed by atoms with Crippen LogP contribution in [-0.4, -0.2) is 55.1 Å². The van der Waals surface area contributed by atoms with Crippen molar-refractivity contribution in [1.82, 2.24) is 14.5 Å². The lowest BCUT2D eigenvalue weighted by Crippen LogP contribution is -2.52. The first kappa shape index (κ1) is 30.9. The molecule has 7 nitrogen and oxygen atoms in total. The standard InChI is InChI=1S/C32H38BrN3O4S/c1-35(41(39,40)29-18-6-3-7-19-29)21-11-20-31(37)36(24-26-14-10-15-27(33)22-26)30(23-25-12-4-2-5-13-25)32(38)34-28-16-8-9-17-28/h2-7,10,12-15,18-19,22,28,30H,8-9,11,16-17,20-21,23-24H2,1H3,(H,34,38). The van der Waals surface area contributed by atoms with Gasteiger partial charge < -0.3 is 10.2 Å². The van der Waals surface area contributed by atoms with Gasteiger partial charge in [-0.25, -0.2) is 12.7 Å². The summed E-state index contributed by atoms with van der Waals surface area (Å²) in [6.07, 6.45) is 4.92. The third-order valence-electron chi connectivity index (χ3n) is 7.53. The molecule has 1 saturated carbocycles. The fourth-order valence-electron chi connectivity index (χ4n) is 5.24. The van der Waals surface area contributed by atoms with Gasteiger partial charge in [-0.2, -0.15) is 0 Å². The number of nitrogens with one attached hydrogen (secondary N) is 1. The molecular weight excluding hydrogens is 602 g/mol. The van der Waals surface area contributed by atoms with Crippen LogP contribution in [0.5, 0.6) is 0 Å². The first-order valence-corrected chi connectivity index (χ1v) is 16.4. The van der Waals surface area contributed by atoms with Crippen LogP contribution in [0, 0.1) is 0 Å². The highest BCUT2D eigenvalue weighted by Gasteiger charge is 2.32. The van der Waals surface area contributed by atoms with Gasteiger partial charge in [-0.15, -0.1) is 0 Å². The van der Waals surface area contributed by atoms with Crippen LogP contribution in [-0.2, 0) is 32.6 Å². The lowest BCUT2D eigenvalue weighted by atomic mass is 10.0. The molecule has 218 valence electrons. The van der Waals surface area contributed by atoms with Gasteiger partial charge in [0, 0.05) is 43.5 Å². The van der Waals surface area contributed by atoms with Crippen LogP contribution in [0.1, 0.15) is 49.7 Å². The summed E-state index contributed by atoms with van der Waals surface area (Å²) in [6, 6.07) is 25.2. The van der Waals surface area contributed by atoms with E-state index in [1.807, 2.05) is 54.6 Å². The van der Waals surface area contributed by atoms with Crippen molar-refractivity contribution in [3.8, 4) is 0 Å². The van der Waals surface area contributed by atoms with Crippen LogP contribution in [0.25, 0.3) is 0 Å². The topological polar surface area (TPSA) is 86.8 Å². The molecule has 3 aromatic carbocycles. The fraction of sp³-hybridized carbons (Fsp3) is 0.375. The molecule has 41 heavy (non-hydrogen) atoms. The third-order valence-corrected chi connectivity index (χ3v) is 9.89. The van der Waals surface area contributed by atoms with E-state index in [1.54, 1.807) is 35.2 Å². The SMILES string of the molecule is CN(CCCC(=O)N(Cc1cccc(Br)c1)C(Cc1ccccc1)C(=O)NC1CCCC1)S(=O)(=O)c1ccccc1. The van der Waals surface area contributed by atoms with Gasteiger partial charge in [0.1, 0.15) is 6.04 Å². The first-order chi connectivity index (χ1) is 19.7. The van der Waals surface area contributed by atoms with Gasteiger partial charge in [0.05, 0.1) is 4.90 Å². The van der Waals surface area contributed by atoms with Crippen LogP contribution >= 0.6 is 15.9 Å². The minimum atomic E-state index is -3.66. The minimum Gasteiger partial charge on any atom is -0.352 e. The Hall–Kier alpha value is -3.01. The Bertz CT molecular complexity index is 1400. The summed E-state index contributed by atoms with van der Waals surface area (Å²) < 4.78 is 28.1. The van der Waals surface area contributed by atoms with Crippen molar-refractivity contribution in [3.05, 3.63) is 101 Å². The molecule has 0 aromatic heterocycles. The molecule has 4 rings (SSSR count). The number of carbonyl (C=O) groups is 2. The van der Waals surface area contributed by atoms with E-state index in [-0.39, 0.29) is 42.3 Å². The Morgan fingerprint density at radius 2 is 1.56 bits per heavy atom. The maximum Gasteiger partial charge on any atom is 0.243 e. The molecule has 1 aliphatic carbocycles. The molecule has 1 fully saturated rings. The zero-order valence-electron chi connectivity index (χ0n) is 23.4. The molecule has 0 saturated heterocycles. The van der Waals surface area contributed by atoms with E-state index in [2.05, 4.69) is 21.2 Å². The number of halogens is 1. The van der Waals surface area contributed by atoms with E-state index in [0.717, 1.165) is 41.3 Å². The fourth-order valence-corrected chi connectivity index (χ4v) is 6.92. The number of amides is 2. The summed E-state index contributed by atoms with van der Waals surface area (Å²) in [7, 11) is -2.13. The van der Waals surface area contributed by atoms with Crippen LogP contribution in [0.2, 0.25) is 0 Å². The van der Waals surface area contributed by atoms with Gasteiger partial charge in [-0.3, -0.25) is 9.59 Å². The molecular formula is C32H38BrN3O4S. The van der Waals surface area contributed by atoms with Gasteiger partial charge >= 0.3 is 0 Å². The lowest BCUT2D eigenvalue weighted by Gasteiger charge is -2.32. The van der Waals surface area contributed by atoms with Crippen LogP contribution in [0.4, 0.5) is 0 Å². The Morgan fingerprint density at radius 1 is 0.927 bits per heavy atom. The molecule has 0 radical (unpaired) electrons. The Morgan fingerprint density at radius 3 is 2.22 bits per heavy atom. The van der Waals surface area contributed by atoms with Gasteiger partial charge in [-0.05, 0) is 54.7 Å². The zero-order valence-corrected chi connectivity index (χ0v) is 25.8. The predicted octanol–water partition coefficient (Wildman–Crippen LogP) is 5.55. The van der Waals surface area contributed by atoms with E-state index < -0.39 is 16.1 Å². The van der Waals surface area contributed by atoms with Crippen molar-refractivity contribution in [2.75, 3.05) is 13.6 Å². The number of rotatable bonds is 13. The average molecular weight is 641 g/mol. The maximum absolute atomic E-state index is 13.9. The second kappa shape index (κ2) is 14.8. The van der Waals surface area contributed by atoms with E-state index in [0.29, 0.717) is 12.8 Å². The number of sulfonamides is 1. The van der Waals surface area contributed by atoms with Gasteiger partial charge in [0.2, 0.25) is 21.8 Å². The monoisotopic (exact) mass is 639 g/mol. The molecule has 9 heteroatoms. The highest BCUT2D eigenvalue weighted by atomic mass is 79.9. The molecule has 0 aliphatic heterocycles. The minimum absolute atomic E-state index is 0.116. The maximum atomic E-state index is 13.9. The summed E-state index contributed by atoms with van der Waals surface area (Å²) in [6.45, 7) is 0.456. The molecule has 0 bridgehead atoms. The smallest absolute Gasteiger partial charge is 0.243 e. The van der Waals surface area contributed by atoms with E-state index >= 15 is 0 Å². The van der Waals surface area contributed by atoms with Crippen molar-refractivity contribution in [3.63, 3.8) is 0 Å². The molecule has 3 aromatic rings. The highest BCUT2D eigenvalue weighted by molar-refractivity contribution is 9.10. The van der Waals surface area contributed by atoms with Crippen LogP contribution in [0.15, 0.2) is 94.3 Å². The highest BCUT2D eigenvalue weighted by Crippen LogP contribution is 2.22. The zero-order chi connectivity index (χ0) is 29.2. The summed E-state index contributed by atoms with van der Waals surface area (Å²) in [5.74, 6) is -0.328. The Labute approximate surface area is 252 Å². The second-order valence-electron chi connectivity index (χ2n) is 10.6. The van der Waals surface area contributed by atoms with Crippen molar-refractivity contribution >= 4 is 37.8 Å². The Balaban J connectivity index is 1.54. The molecule has 0 spiro atoms. The number of nitrogens with zero attached hydrogens (tertiary/aromatic N) is 2. The summed E-state index contributed by atoms with van der Waals surface area (Å²) >= 11 is 3.52. The van der Waals surface area contributed by atoms with Crippen molar-refractivity contribution < 1.29 is 18.0 Å². The molecule has 1 atom stereocenters. The summed E-state index contributed by atoms with van der Waals surface area (Å²) in [4.78, 5) is 29.5. The van der Waals surface area contributed by atoms with Crippen molar-refractivity contribution in [1.29, 1.82) is 0 Å². The third kappa shape index (κ3) is 8.74. The van der Waals surface area contributed by atoms with Crippen LogP contribution in [0.3, 0.4) is 0 Å². The van der Waals surface area contributed by atoms with E-state index in [9.17, 15) is 18.0 Å². The van der Waals surface area contributed by atoms with Gasteiger partial charge in [-0.1, -0.05) is 89.4 Å². The summed E-state index contributed by atoms with van der Waals surface area (Å²) in [5, 5.41) is 3.21. The molecule has 0 heterocycles. The average Bonchev–Trinajstić information content (AvgIpc) is 3.48. The number of benzene rings is 3. The molecule has 2 amide bonds. The van der Waals surface area contributed by atoms with E-state index in [1.165, 1.54) is 11.4 Å². The van der Waals surface area contributed by atoms with Crippen LogP contribution < -0.4 is 5.32 Å². The number of hydrogen-bond acceptors (Lipinski definition) is 4. The quantitative estimate of drug-likeness (QED) is 0.266. The van der Waals surface area contributed by atoms with Gasteiger partial charge in [0.15, 0.2) is 0 Å². The van der Waals surface area contributed by atoms with Crippen molar-refractivity contribution in [2.24, 2.45) is 0 Å². The van der Waals surface area contributed by atoms with E-state index in [4.69, 9.17) is 0 Å². The first-order valence-electron chi connectivity index (χ1n) is 14.1.